The zero-order valence-corrected chi connectivity index (χ0v) is 10.2. The minimum atomic E-state index is -0.856. The molecule has 0 aliphatic carbocycles. The molecule has 0 aliphatic rings. The van der Waals surface area contributed by atoms with Crippen LogP contribution in [0.3, 0.4) is 0 Å². The molecule has 6 nitrogen and oxygen atoms in total. The second-order valence-corrected chi connectivity index (χ2v) is 4.08. The first-order valence-electron chi connectivity index (χ1n) is 5.31. The summed E-state index contributed by atoms with van der Waals surface area (Å²) in [7, 11) is 1.42. The van der Waals surface area contributed by atoms with E-state index in [0.717, 1.165) is 10.8 Å². The van der Waals surface area contributed by atoms with Crippen molar-refractivity contribution in [2.45, 2.75) is 20.0 Å². The average molecular weight is 242 g/mol. The van der Waals surface area contributed by atoms with Crippen molar-refractivity contribution in [3.05, 3.63) is 27.7 Å². The topological polar surface area (TPSA) is 85.8 Å². The molecule has 1 heterocycles. The number of H-pyrrole nitrogens is 1. The van der Waals surface area contributed by atoms with Gasteiger partial charge in [0.05, 0.1) is 12.2 Å². The van der Waals surface area contributed by atoms with E-state index in [1.807, 2.05) is 0 Å². The lowest BCUT2D eigenvalue weighted by atomic mass is 10.3. The molecule has 0 fully saturated rings. The van der Waals surface area contributed by atoms with E-state index < -0.39 is 6.10 Å². The van der Waals surface area contributed by atoms with Gasteiger partial charge in [-0.25, -0.2) is 0 Å². The van der Waals surface area contributed by atoms with Crippen LogP contribution in [0.1, 0.15) is 11.4 Å². The normalized spacial score (nSPS) is 12.8. The molecule has 0 spiro atoms. The monoisotopic (exact) mass is 242 g/mol. The first-order valence-corrected chi connectivity index (χ1v) is 5.31. The van der Waals surface area contributed by atoms with Gasteiger partial charge < -0.3 is 20.0 Å². The van der Waals surface area contributed by atoms with E-state index in [9.17, 15) is 9.90 Å². The molecule has 1 aromatic rings. The second-order valence-electron chi connectivity index (χ2n) is 4.08. The number of rotatable bonds is 5. The largest absolute Gasteiger partial charge is 0.485 e. The smallest absolute Gasteiger partial charge is 0.223 e. The minimum absolute atomic E-state index is 0.0438. The average Bonchev–Trinajstić information content (AvgIpc) is 2.14. The predicted octanol–water partition coefficient (Wildman–Crippen LogP) is 0.0524. The Labute approximate surface area is 99.4 Å². The van der Waals surface area contributed by atoms with Gasteiger partial charge in [-0.1, -0.05) is 0 Å². The van der Waals surface area contributed by atoms with Crippen molar-refractivity contribution in [2.75, 3.05) is 20.2 Å². The molecule has 1 aromatic heterocycles. The standard InChI is InChI=1S/C11H18N2O4/c1-7-4-10(15)11(8(2)12-7)17-6-9(14)5-13(3)16/h4,9,14,16H,5-6H2,1-3H3,(H,12,15). The summed E-state index contributed by atoms with van der Waals surface area (Å²) < 4.78 is 5.25. The number of nitrogens with zero attached hydrogens (tertiary/aromatic N) is 1. The molecular weight excluding hydrogens is 224 g/mol. The van der Waals surface area contributed by atoms with Crippen LogP contribution in [0.4, 0.5) is 0 Å². The summed E-state index contributed by atoms with van der Waals surface area (Å²) in [5.41, 5.74) is 1.17. The minimum Gasteiger partial charge on any atom is -0.485 e. The van der Waals surface area contributed by atoms with Crippen molar-refractivity contribution in [3.8, 4) is 5.75 Å². The third-order valence-corrected chi connectivity index (χ3v) is 2.19. The summed E-state index contributed by atoms with van der Waals surface area (Å²) in [5, 5.41) is 19.3. The lowest BCUT2D eigenvalue weighted by Gasteiger charge is -2.16. The van der Waals surface area contributed by atoms with Crippen LogP contribution < -0.4 is 10.2 Å². The summed E-state index contributed by atoms with van der Waals surface area (Å²) >= 11 is 0. The van der Waals surface area contributed by atoms with Crippen molar-refractivity contribution < 1.29 is 15.1 Å². The number of nitrogens with one attached hydrogen (secondary N) is 1. The predicted molar refractivity (Wildman–Crippen MR) is 62.5 cm³/mol. The number of hydroxylamine groups is 2. The number of aryl methyl sites for hydroxylation is 2. The molecule has 0 saturated carbocycles. The number of aliphatic hydroxyl groups is 1. The highest BCUT2D eigenvalue weighted by Gasteiger charge is 2.11. The number of ether oxygens (including phenoxy) is 1. The van der Waals surface area contributed by atoms with Gasteiger partial charge in [-0.3, -0.25) is 4.79 Å². The Morgan fingerprint density at radius 2 is 2.18 bits per heavy atom. The van der Waals surface area contributed by atoms with Crippen LogP contribution >= 0.6 is 0 Å². The van der Waals surface area contributed by atoms with Gasteiger partial charge >= 0.3 is 0 Å². The number of hydrogen-bond acceptors (Lipinski definition) is 5. The fourth-order valence-electron chi connectivity index (χ4n) is 1.55. The highest BCUT2D eigenvalue weighted by molar-refractivity contribution is 5.28. The quantitative estimate of drug-likeness (QED) is 0.635. The summed E-state index contributed by atoms with van der Waals surface area (Å²) in [6.07, 6.45) is -0.856. The zero-order valence-electron chi connectivity index (χ0n) is 10.2. The lowest BCUT2D eigenvalue weighted by molar-refractivity contribution is -0.0950. The van der Waals surface area contributed by atoms with Crippen molar-refractivity contribution >= 4 is 0 Å². The molecule has 0 bridgehead atoms. The fourth-order valence-corrected chi connectivity index (χ4v) is 1.55. The van der Waals surface area contributed by atoms with Crippen LogP contribution in [0.2, 0.25) is 0 Å². The maximum Gasteiger partial charge on any atom is 0.223 e. The molecular formula is C11H18N2O4. The molecule has 6 heteroatoms. The van der Waals surface area contributed by atoms with E-state index >= 15 is 0 Å². The lowest BCUT2D eigenvalue weighted by Crippen LogP contribution is -2.31. The third-order valence-electron chi connectivity index (χ3n) is 2.19. The molecule has 1 rings (SSSR count). The fraction of sp³-hybridized carbons (Fsp3) is 0.545. The Bertz CT molecular complexity index is 428. The summed E-state index contributed by atoms with van der Waals surface area (Å²) in [4.78, 5) is 14.6. The summed E-state index contributed by atoms with van der Waals surface area (Å²) in [6.45, 7) is 3.53. The van der Waals surface area contributed by atoms with E-state index in [1.54, 1.807) is 13.8 Å². The molecule has 0 aliphatic heterocycles. The van der Waals surface area contributed by atoms with Crippen LogP contribution in [0, 0.1) is 13.8 Å². The Kier molecular flexibility index (Phi) is 4.68. The van der Waals surface area contributed by atoms with E-state index in [0.29, 0.717) is 5.69 Å². The van der Waals surface area contributed by atoms with Gasteiger partial charge in [0.15, 0.2) is 5.75 Å². The number of hydrogen-bond donors (Lipinski definition) is 3. The van der Waals surface area contributed by atoms with Crippen LogP contribution in [0.5, 0.6) is 5.75 Å². The Balaban J connectivity index is 2.67. The van der Waals surface area contributed by atoms with Crippen molar-refractivity contribution in [3.63, 3.8) is 0 Å². The van der Waals surface area contributed by atoms with Gasteiger partial charge in [0.1, 0.15) is 12.7 Å². The Hall–Kier alpha value is -1.37. The van der Waals surface area contributed by atoms with Crippen molar-refractivity contribution in [1.82, 2.24) is 10.0 Å². The number of aromatic nitrogens is 1. The maximum absolute atomic E-state index is 11.6. The second kappa shape index (κ2) is 5.81. The molecule has 3 N–H and O–H groups in total. The van der Waals surface area contributed by atoms with Gasteiger partial charge in [-0.15, -0.1) is 0 Å². The van der Waals surface area contributed by atoms with Crippen molar-refractivity contribution in [1.29, 1.82) is 0 Å². The number of pyridine rings is 1. The highest BCUT2D eigenvalue weighted by Crippen LogP contribution is 2.09. The number of aromatic amines is 1. The van der Waals surface area contributed by atoms with E-state index in [-0.39, 0.29) is 24.3 Å². The molecule has 0 aromatic carbocycles. The van der Waals surface area contributed by atoms with Crippen molar-refractivity contribution in [2.24, 2.45) is 0 Å². The van der Waals surface area contributed by atoms with Gasteiger partial charge in [0, 0.05) is 18.8 Å². The Morgan fingerprint density at radius 1 is 1.53 bits per heavy atom. The van der Waals surface area contributed by atoms with Crippen LogP contribution in [0.15, 0.2) is 10.9 Å². The van der Waals surface area contributed by atoms with E-state index in [1.165, 1.54) is 13.1 Å². The zero-order chi connectivity index (χ0) is 13.0. The summed E-state index contributed by atoms with van der Waals surface area (Å²) in [6, 6.07) is 1.44. The van der Waals surface area contributed by atoms with Gasteiger partial charge in [-0.05, 0) is 13.8 Å². The SMILES string of the molecule is Cc1cc(=O)c(OCC(O)CN(C)O)c(C)[nH]1. The number of aliphatic hydroxyl groups excluding tert-OH is 1. The first kappa shape index (κ1) is 13.7. The molecule has 0 saturated heterocycles. The third kappa shape index (κ3) is 4.18. The summed E-state index contributed by atoms with van der Waals surface area (Å²) in [5.74, 6) is 0.204. The van der Waals surface area contributed by atoms with E-state index in [4.69, 9.17) is 9.94 Å². The molecule has 1 atom stereocenters. The molecule has 1 unspecified atom stereocenters. The molecule has 17 heavy (non-hydrogen) atoms. The molecule has 96 valence electrons. The van der Waals surface area contributed by atoms with Crippen LogP contribution in [-0.2, 0) is 0 Å². The molecule has 0 radical (unpaired) electrons. The van der Waals surface area contributed by atoms with Gasteiger partial charge in [0.25, 0.3) is 0 Å². The molecule has 0 amide bonds. The van der Waals surface area contributed by atoms with Gasteiger partial charge in [0.2, 0.25) is 5.43 Å². The first-order chi connectivity index (χ1) is 7.90. The van der Waals surface area contributed by atoms with Crippen LogP contribution in [-0.4, -0.2) is 46.7 Å². The highest BCUT2D eigenvalue weighted by atomic mass is 16.5. The Morgan fingerprint density at radius 3 is 2.71 bits per heavy atom. The van der Waals surface area contributed by atoms with E-state index in [2.05, 4.69) is 4.98 Å². The number of likely N-dealkylation sites (N-methyl/N-ethyl adjacent to an activating group) is 1. The van der Waals surface area contributed by atoms with Crippen LogP contribution in [0.25, 0.3) is 0 Å². The maximum atomic E-state index is 11.6. The van der Waals surface area contributed by atoms with Gasteiger partial charge in [-0.2, -0.15) is 5.06 Å².